The summed E-state index contributed by atoms with van der Waals surface area (Å²) in [7, 11) is 8.02. The zero-order chi connectivity index (χ0) is 17.3. The Bertz CT molecular complexity index is 748. The van der Waals surface area contributed by atoms with E-state index in [0.29, 0.717) is 6.04 Å². The number of nitrogens with zero attached hydrogens (tertiary/aromatic N) is 1. The molecule has 0 saturated heterocycles. The molecule has 1 unspecified atom stereocenters. The van der Waals surface area contributed by atoms with Crippen LogP contribution in [0.15, 0.2) is 40.9 Å². The van der Waals surface area contributed by atoms with Crippen LogP contribution in [0.5, 0.6) is 11.5 Å². The van der Waals surface area contributed by atoms with Gasteiger partial charge in [-0.05, 0) is 29.3 Å². The molecular weight excluding hydrogens is 493 g/mol. The summed E-state index contributed by atoms with van der Waals surface area (Å²) in [6, 6.07) is 13.2. The van der Waals surface area contributed by atoms with Crippen LogP contribution in [0.4, 0.5) is 0 Å². The summed E-state index contributed by atoms with van der Waals surface area (Å²) in [6.07, 6.45) is 2.10. The molecule has 0 aromatic heterocycles. The van der Waals surface area contributed by atoms with Crippen molar-refractivity contribution in [3.8, 4) is 11.5 Å². The molecule has 2 aromatic rings. The average Bonchev–Trinajstić information content (AvgIpc) is 2.57. The lowest BCUT2D eigenvalue weighted by molar-refractivity contribution is -0.923. The maximum absolute atomic E-state index is 5.47. The lowest BCUT2D eigenvalue weighted by atomic mass is 9.87. The molecule has 0 bridgehead atoms. The van der Waals surface area contributed by atoms with Gasteiger partial charge >= 0.3 is 0 Å². The first kappa shape index (κ1) is 20.5. The summed E-state index contributed by atoms with van der Waals surface area (Å²) in [5.74, 6) is 1.57. The highest BCUT2D eigenvalue weighted by molar-refractivity contribution is 9.10. The van der Waals surface area contributed by atoms with Crippen molar-refractivity contribution >= 4 is 15.9 Å². The number of ether oxygens (including phenoxy) is 2. The van der Waals surface area contributed by atoms with Gasteiger partial charge in [-0.2, -0.15) is 0 Å². The molecule has 1 aliphatic rings. The summed E-state index contributed by atoms with van der Waals surface area (Å²) < 4.78 is 13.0. The van der Waals surface area contributed by atoms with Crippen LogP contribution in [0.1, 0.15) is 22.7 Å². The third-order valence-electron chi connectivity index (χ3n) is 5.15. The van der Waals surface area contributed by atoms with E-state index in [0.717, 1.165) is 35.4 Å². The summed E-state index contributed by atoms with van der Waals surface area (Å²) in [5.41, 5.74) is 4.18. The van der Waals surface area contributed by atoms with Crippen molar-refractivity contribution in [3.05, 3.63) is 57.6 Å². The fraction of sp³-hybridized carbons (Fsp3) is 0.400. The zero-order valence-corrected chi connectivity index (χ0v) is 18.9. The Morgan fingerprint density at radius 2 is 1.80 bits per heavy atom. The van der Waals surface area contributed by atoms with E-state index in [-0.39, 0.29) is 24.0 Å². The number of methoxy groups -OCH3 is 2. The first-order chi connectivity index (χ1) is 11.5. The lowest BCUT2D eigenvalue weighted by Gasteiger charge is -2.43. The summed E-state index contributed by atoms with van der Waals surface area (Å²) in [5, 5.41) is 0. The van der Waals surface area contributed by atoms with Gasteiger partial charge in [-0.25, -0.2) is 0 Å². The average molecular weight is 518 g/mol. The summed E-state index contributed by atoms with van der Waals surface area (Å²) in [4.78, 5) is 0. The highest BCUT2D eigenvalue weighted by Gasteiger charge is 2.37. The molecule has 0 saturated carbocycles. The van der Waals surface area contributed by atoms with Gasteiger partial charge in [0.15, 0.2) is 11.5 Å². The Morgan fingerprint density at radius 1 is 1.08 bits per heavy atom. The van der Waals surface area contributed by atoms with Crippen LogP contribution < -0.4 is 33.5 Å². The predicted molar refractivity (Wildman–Crippen MR) is 101 cm³/mol. The maximum atomic E-state index is 5.47. The van der Waals surface area contributed by atoms with Gasteiger partial charge in [-0.3, -0.25) is 0 Å². The van der Waals surface area contributed by atoms with E-state index in [1.807, 2.05) is 6.07 Å². The molecule has 1 atom stereocenters. The van der Waals surface area contributed by atoms with E-state index in [1.54, 1.807) is 14.2 Å². The molecule has 136 valence electrons. The van der Waals surface area contributed by atoms with Crippen LogP contribution >= 0.6 is 15.9 Å². The number of fused-ring (bicyclic) bond motifs is 1. The van der Waals surface area contributed by atoms with Crippen molar-refractivity contribution in [1.82, 2.24) is 0 Å². The molecule has 3 rings (SSSR count). The van der Waals surface area contributed by atoms with Gasteiger partial charge in [0.2, 0.25) is 0 Å². The lowest BCUT2D eigenvalue weighted by Crippen LogP contribution is -3.00. The second kappa shape index (κ2) is 8.27. The Labute approximate surface area is 176 Å². The molecule has 0 aliphatic carbocycles. The fourth-order valence-corrected chi connectivity index (χ4v) is 4.34. The first-order valence-corrected chi connectivity index (χ1v) is 9.06. The van der Waals surface area contributed by atoms with E-state index in [1.165, 1.54) is 21.2 Å². The Morgan fingerprint density at radius 3 is 2.48 bits per heavy atom. The van der Waals surface area contributed by atoms with Gasteiger partial charge in [0.25, 0.3) is 0 Å². The first-order valence-electron chi connectivity index (χ1n) is 8.27. The van der Waals surface area contributed by atoms with Crippen molar-refractivity contribution in [3.63, 3.8) is 0 Å². The molecular formula is C20H25BrINO2. The van der Waals surface area contributed by atoms with Crippen molar-refractivity contribution in [2.45, 2.75) is 18.9 Å². The Hall–Kier alpha value is -0.790. The van der Waals surface area contributed by atoms with Crippen LogP contribution in [0, 0.1) is 0 Å². The quantitative estimate of drug-likeness (QED) is 0.451. The Balaban J connectivity index is 0.00000225. The Kier molecular flexibility index (Phi) is 6.79. The van der Waals surface area contributed by atoms with Gasteiger partial charge in [0.05, 0.1) is 34.9 Å². The van der Waals surface area contributed by atoms with Crippen molar-refractivity contribution in [1.29, 1.82) is 0 Å². The number of rotatable bonds is 4. The highest BCUT2D eigenvalue weighted by Crippen LogP contribution is 2.40. The van der Waals surface area contributed by atoms with E-state index < -0.39 is 0 Å². The van der Waals surface area contributed by atoms with Crippen molar-refractivity contribution in [2.24, 2.45) is 0 Å². The zero-order valence-electron chi connectivity index (χ0n) is 15.2. The molecule has 1 heterocycles. The number of hydrogen-bond donors (Lipinski definition) is 0. The fourth-order valence-electron chi connectivity index (χ4n) is 3.67. The minimum atomic E-state index is 0. The third-order valence-corrected chi connectivity index (χ3v) is 5.85. The predicted octanol–water partition coefficient (Wildman–Crippen LogP) is 1.39. The largest absolute Gasteiger partial charge is 1.00 e. The number of halogens is 2. The summed E-state index contributed by atoms with van der Waals surface area (Å²) in [6.45, 7) is 1.15. The monoisotopic (exact) mass is 517 g/mol. The molecule has 0 radical (unpaired) electrons. The minimum Gasteiger partial charge on any atom is -1.00 e. The normalized spacial score (nSPS) is 18.0. The van der Waals surface area contributed by atoms with Crippen LogP contribution in [-0.2, 0) is 12.8 Å². The van der Waals surface area contributed by atoms with E-state index >= 15 is 0 Å². The van der Waals surface area contributed by atoms with Gasteiger partial charge in [-0.1, -0.05) is 34.1 Å². The van der Waals surface area contributed by atoms with Gasteiger partial charge in [-0.15, -0.1) is 0 Å². The van der Waals surface area contributed by atoms with Gasteiger partial charge < -0.3 is 37.9 Å². The molecule has 5 heteroatoms. The highest BCUT2D eigenvalue weighted by atomic mass is 127. The van der Waals surface area contributed by atoms with Gasteiger partial charge in [0, 0.05) is 22.9 Å². The van der Waals surface area contributed by atoms with Crippen LogP contribution in [-0.4, -0.2) is 39.3 Å². The van der Waals surface area contributed by atoms with Crippen LogP contribution in [0.2, 0.25) is 0 Å². The number of benzene rings is 2. The third kappa shape index (κ3) is 4.14. The number of hydrogen-bond acceptors (Lipinski definition) is 2. The van der Waals surface area contributed by atoms with Gasteiger partial charge in [0.1, 0.15) is 6.04 Å². The van der Waals surface area contributed by atoms with Crippen molar-refractivity contribution < 1.29 is 37.9 Å². The molecule has 25 heavy (non-hydrogen) atoms. The smallest absolute Gasteiger partial charge is 0.160 e. The second-order valence-corrected chi connectivity index (χ2v) is 7.83. The summed E-state index contributed by atoms with van der Waals surface area (Å²) >= 11 is 3.78. The molecule has 0 fully saturated rings. The molecule has 3 nitrogen and oxygen atoms in total. The topological polar surface area (TPSA) is 18.5 Å². The molecule has 0 N–H and O–H groups in total. The minimum absolute atomic E-state index is 0. The molecule has 2 aromatic carbocycles. The van der Waals surface area contributed by atoms with E-state index in [4.69, 9.17) is 9.47 Å². The van der Waals surface area contributed by atoms with E-state index in [2.05, 4.69) is 60.4 Å². The van der Waals surface area contributed by atoms with Crippen molar-refractivity contribution in [2.75, 3.05) is 34.9 Å². The van der Waals surface area contributed by atoms with Crippen LogP contribution in [0.3, 0.4) is 0 Å². The molecule has 0 spiro atoms. The van der Waals surface area contributed by atoms with Crippen LogP contribution in [0.25, 0.3) is 0 Å². The number of likely N-dealkylation sites (N-methyl/N-ethyl adjacent to an activating group) is 1. The maximum Gasteiger partial charge on any atom is 0.160 e. The second-order valence-electron chi connectivity index (χ2n) is 6.97. The molecule has 1 aliphatic heterocycles. The SMILES string of the molecule is COc1ccc(CC2c3c(Br)cccc3CC[N+]2(C)C)cc1OC.[I-]. The van der Waals surface area contributed by atoms with E-state index in [9.17, 15) is 0 Å². The number of quaternary nitrogens is 1. The molecule has 0 amide bonds. The standard InChI is InChI=1S/C20H25BrNO2.HI/c1-22(2)11-10-15-6-5-7-16(21)20(15)17(22)12-14-8-9-18(23-3)19(13-14)24-4;/h5-9,13,17H,10-12H2,1-4H3;1H/q+1;/p-1.